The van der Waals surface area contributed by atoms with Crippen molar-refractivity contribution in [1.82, 2.24) is 15.1 Å². The van der Waals surface area contributed by atoms with Gasteiger partial charge in [0.15, 0.2) is 6.61 Å². The Bertz CT molecular complexity index is 1150. The monoisotopic (exact) mass is 401 g/mol. The molecule has 0 saturated heterocycles. The number of esters is 1. The van der Waals surface area contributed by atoms with Crippen molar-refractivity contribution in [2.45, 2.75) is 19.2 Å². The molecular weight excluding hydrogens is 387 g/mol. The van der Waals surface area contributed by atoms with Crippen molar-refractivity contribution in [1.29, 1.82) is 0 Å². The van der Waals surface area contributed by atoms with Gasteiger partial charge in [-0.1, -0.05) is 35.5 Å². The summed E-state index contributed by atoms with van der Waals surface area (Å²) >= 11 is 0. The van der Waals surface area contributed by atoms with Gasteiger partial charge in [0.25, 0.3) is 5.89 Å². The van der Waals surface area contributed by atoms with Crippen molar-refractivity contribution in [3.05, 3.63) is 71.7 Å². The number of halogens is 3. The smallest absolute Gasteiger partial charge is 0.416 e. The fourth-order valence-electron chi connectivity index (χ4n) is 2.87. The zero-order valence-electron chi connectivity index (χ0n) is 14.9. The number of hydrogen-bond donors (Lipinski definition) is 1. The van der Waals surface area contributed by atoms with Crippen molar-refractivity contribution in [2.24, 2.45) is 0 Å². The molecule has 0 radical (unpaired) electrons. The number of fused-ring (bicyclic) bond motifs is 1. The van der Waals surface area contributed by atoms with E-state index in [1.54, 1.807) is 6.20 Å². The zero-order valence-corrected chi connectivity index (χ0v) is 14.9. The topological polar surface area (TPSA) is 81.0 Å². The second-order valence-corrected chi connectivity index (χ2v) is 6.28. The Morgan fingerprint density at radius 3 is 2.62 bits per heavy atom. The summed E-state index contributed by atoms with van der Waals surface area (Å²) in [4.78, 5) is 19.2. The molecule has 0 fully saturated rings. The molecule has 6 nitrogen and oxygen atoms in total. The van der Waals surface area contributed by atoms with E-state index < -0.39 is 17.7 Å². The van der Waals surface area contributed by atoms with Crippen LogP contribution in [0.2, 0.25) is 0 Å². The molecule has 148 valence electrons. The van der Waals surface area contributed by atoms with Crippen molar-refractivity contribution >= 4 is 16.9 Å². The summed E-state index contributed by atoms with van der Waals surface area (Å²) in [6, 6.07) is 12.0. The van der Waals surface area contributed by atoms with Crippen LogP contribution >= 0.6 is 0 Å². The van der Waals surface area contributed by atoms with E-state index in [9.17, 15) is 18.0 Å². The second-order valence-electron chi connectivity index (χ2n) is 6.28. The second kappa shape index (κ2) is 7.42. The highest BCUT2D eigenvalue weighted by molar-refractivity contribution is 5.87. The minimum atomic E-state index is -4.42. The predicted octanol–water partition coefficient (Wildman–Crippen LogP) is 4.52. The largest absolute Gasteiger partial charge is 0.455 e. The maximum Gasteiger partial charge on any atom is 0.416 e. The molecule has 9 heteroatoms. The van der Waals surface area contributed by atoms with Gasteiger partial charge >= 0.3 is 12.1 Å². The lowest BCUT2D eigenvalue weighted by Gasteiger charge is -2.05. The molecule has 2 heterocycles. The Morgan fingerprint density at radius 1 is 1.10 bits per heavy atom. The molecule has 4 aromatic rings. The lowest BCUT2D eigenvalue weighted by molar-refractivity contribution is -0.145. The van der Waals surface area contributed by atoms with Gasteiger partial charge < -0.3 is 14.2 Å². The van der Waals surface area contributed by atoms with Crippen LogP contribution in [0, 0.1) is 0 Å². The number of nitrogens with one attached hydrogen (secondary N) is 1. The molecule has 1 N–H and O–H groups in total. The van der Waals surface area contributed by atoms with Crippen LogP contribution < -0.4 is 0 Å². The molecular formula is C20H14F3N3O3. The van der Waals surface area contributed by atoms with E-state index in [1.807, 2.05) is 24.3 Å². The number of aromatic amines is 1. The van der Waals surface area contributed by atoms with E-state index in [4.69, 9.17) is 9.26 Å². The van der Waals surface area contributed by atoms with Gasteiger partial charge in [0.05, 0.1) is 12.0 Å². The van der Waals surface area contributed by atoms with Crippen LogP contribution in [0.4, 0.5) is 13.2 Å². The van der Waals surface area contributed by atoms with E-state index in [1.165, 1.54) is 12.1 Å². The summed E-state index contributed by atoms with van der Waals surface area (Å²) in [7, 11) is 0. The van der Waals surface area contributed by atoms with Gasteiger partial charge in [0.2, 0.25) is 5.82 Å². The third kappa shape index (κ3) is 4.13. The third-order valence-corrected chi connectivity index (χ3v) is 4.30. The van der Waals surface area contributed by atoms with Crippen molar-refractivity contribution < 1.29 is 27.2 Å². The number of carbonyl (C=O) groups excluding carboxylic acids is 1. The Morgan fingerprint density at radius 2 is 1.86 bits per heavy atom. The number of aromatic nitrogens is 3. The average molecular weight is 401 g/mol. The van der Waals surface area contributed by atoms with Crippen molar-refractivity contribution in [3.8, 4) is 11.4 Å². The van der Waals surface area contributed by atoms with Gasteiger partial charge in [-0.2, -0.15) is 18.2 Å². The first kappa shape index (κ1) is 18.7. The molecule has 2 aromatic carbocycles. The van der Waals surface area contributed by atoms with E-state index >= 15 is 0 Å². The summed E-state index contributed by atoms with van der Waals surface area (Å²) in [5, 5.41) is 4.65. The SMILES string of the molecule is O=C(Cc1c[nH]c2ccccc12)OCc1nc(-c2ccc(C(F)(F)F)cc2)no1. The number of H-pyrrole nitrogens is 1. The Balaban J connectivity index is 1.37. The van der Waals surface area contributed by atoms with E-state index in [2.05, 4.69) is 15.1 Å². The maximum absolute atomic E-state index is 12.6. The molecule has 0 saturated carbocycles. The molecule has 0 aliphatic rings. The van der Waals surface area contributed by atoms with Crippen molar-refractivity contribution in [2.75, 3.05) is 0 Å². The van der Waals surface area contributed by atoms with Crippen LogP contribution in [-0.2, 0) is 28.7 Å². The molecule has 0 aliphatic heterocycles. The highest BCUT2D eigenvalue weighted by atomic mass is 19.4. The maximum atomic E-state index is 12.6. The number of carbonyl (C=O) groups is 1. The first-order valence-corrected chi connectivity index (χ1v) is 8.61. The number of hydrogen-bond acceptors (Lipinski definition) is 5. The van der Waals surface area contributed by atoms with E-state index in [-0.39, 0.29) is 24.7 Å². The molecule has 0 spiro atoms. The lowest BCUT2D eigenvalue weighted by Crippen LogP contribution is -2.08. The predicted molar refractivity (Wildman–Crippen MR) is 96.5 cm³/mol. The Kier molecular flexibility index (Phi) is 4.79. The number of para-hydroxylation sites is 1. The summed E-state index contributed by atoms with van der Waals surface area (Å²) in [6.45, 7) is -0.227. The zero-order chi connectivity index (χ0) is 20.4. The van der Waals surface area contributed by atoms with Gasteiger partial charge in [-0.3, -0.25) is 4.79 Å². The minimum Gasteiger partial charge on any atom is -0.455 e. The van der Waals surface area contributed by atoms with Gasteiger partial charge in [-0.25, -0.2) is 0 Å². The Hall–Kier alpha value is -3.62. The van der Waals surface area contributed by atoms with Crippen LogP contribution in [0.25, 0.3) is 22.3 Å². The van der Waals surface area contributed by atoms with Crippen LogP contribution in [0.15, 0.2) is 59.3 Å². The molecule has 0 aliphatic carbocycles. The normalized spacial score (nSPS) is 11.7. The molecule has 29 heavy (non-hydrogen) atoms. The minimum absolute atomic E-state index is 0.0483. The van der Waals surface area contributed by atoms with Crippen LogP contribution in [0.5, 0.6) is 0 Å². The number of nitrogens with zero attached hydrogens (tertiary/aromatic N) is 2. The van der Waals surface area contributed by atoms with E-state index in [0.717, 1.165) is 28.6 Å². The van der Waals surface area contributed by atoms with Crippen LogP contribution in [0.1, 0.15) is 17.0 Å². The van der Waals surface area contributed by atoms with Gasteiger partial charge in [-0.15, -0.1) is 0 Å². The summed E-state index contributed by atoms with van der Waals surface area (Å²) in [6.07, 6.45) is -2.59. The number of benzene rings is 2. The molecule has 0 unspecified atom stereocenters. The van der Waals surface area contributed by atoms with Crippen LogP contribution in [0.3, 0.4) is 0 Å². The number of ether oxygens (including phenoxy) is 1. The van der Waals surface area contributed by atoms with Crippen molar-refractivity contribution in [3.63, 3.8) is 0 Å². The summed E-state index contributed by atoms with van der Waals surface area (Å²) in [5.74, 6) is -0.308. The summed E-state index contributed by atoms with van der Waals surface area (Å²) in [5.41, 5.74) is 1.32. The third-order valence-electron chi connectivity index (χ3n) is 4.30. The highest BCUT2D eigenvalue weighted by Gasteiger charge is 2.30. The first-order valence-electron chi connectivity index (χ1n) is 8.61. The molecule has 4 rings (SSSR count). The molecule has 0 bridgehead atoms. The van der Waals surface area contributed by atoms with E-state index in [0.29, 0.717) is 5.56 Å². The fourth-order valence-corrected chi connectivity index (χ4v) is 2.87. The van der Waals surface area contributed by atoms with Gasteiger partial charge in [0, 0.05) is 22.7 Å². The lowest BCUT2D eigenvalue weighted by atomic mass is 10.1. The van der Waals surface area contributed by atoms with Crippen LogP contribution in [-0.4, -0.2) is 21.1 Å². The first-order chi connectivity index (χ1) is 13.9. The number of alkyl halides is 3. The molecule has 0 atom stereocenters. The van der Waals surface area contributed by atoms with Gasteiger partial charge in [-0.05, 0) is 23.8 Å². The quantitative estimate of drug-likeness (QED) is 0.497. The highest BCUT2D eigenvalue weighted by Crippen LogP contribution is 2.30. The fraction of sp³-hybridized carbons (Fsp3) is 0.150. The Labute approximate surface area is 162 Å². The molecule has 2 aromatic heterocycles. The summed E-state index contributed by atoms with van der Waals surface area (Å²) < 4.78 is 48.0. The average Bonchev–Trinajstić information content (AvgIpc) is 3.34. The van der Waals surface area contributed by atoms with Gasteiger partial charge in [0.1, 0.15) is 0 Å². The standard InChI is InChI=1S/C20H14F3N3O3/c21-20(22,23)14-7-5-12(6-8-14)19-25-17(29-26-19)11-28-18(27)9-13-10-24-16-4-2-1-3-15(13)16/h1-8,10,24H,9,11H2. The molecule has 0 amide bonds. The number of rotatable bonds is 5.